The highest BCUT2D eigenvalue weighted by Gasteiger charge is 2.10. The van der Waals surface area contributed by atoms with Crippen LogP contribution >= 0.6 is 0 Å². The van der Waals surface area contributed by atoms with Crippen LogP contribution in [0.5, 0.6) is 5.75 Å². The maximum Gasteiger partial charge on any atom is 0.118 e. The summed E-state index contributed by atoms with van der Waals surface area (Å²) in [4.78, 5) is 0. The third kappa shape index (κ3) is 3.64. The zero-order valence-electron chi connectivity index (χ0n) is 12.5. The molecule has 0 aliphatic carbocycles. The Kier molecular flexibility index (Phi) is 5.24. The Hall–Kier alpha value is -1.74. The highest BCUT2D eigenvalue weighted by molar-refractivity contribution is 5.29. The molecular formula is C17H23NO2. The molecule has 1 aromatic heterocycles. The number of benzene rings is 1. The Morgan fingerprint density at radius 3 is 2.30 bits per heavy atom. The first kappa shape index (κ1) is 14.7. The lowest BCUT2D eigenvalue weighted by atomic mass is 10.0. The van der Waals surface area contributed by atoms with Crippen LogP contribution in [0.2, 0.25) is 0 Å². The summed E-state index contributed by atoms with van der Waals surface area (Å²) < 4.78 is 10.9. The molecule has 2 aromatic rings. The van der Waals surface area contributed by atoms with Crippen LogP contribution in [-0.4, -0.2) is 7.11 Å². The third-order valence-corrected chi connectivity index (χ3v) is 3.51. The highest BCUT2D eigenvalue weighted by atomic mass is 16.5. The Balaban J connectivity index is 1.97. The van der Waals surface area contributed by atoms with Crippen molar-refractivity contribution < 1.29 is 9.15 Å². The molecule has 108 valence electrons. The van der Waals surface area contributed by atoms with Gasteiger partial charge in [0.1, 0.15) is 17.3 Å². The molecule has 20 heavy (non-hydrogen) atoms. The molecule has 0 saturated carbocycles. The minimum atomic E-state index is 0.330. The lowest BCUT2D eigenvalue weighted by Crippen LogP contribution is -2.19. The molecule has 1 heterocycles. The first-order chi connectivity index (χ1) is 9.76. The van der Waals surface area contributed by atoms with Gasteiger partial charge in [-0.3, -0.25) is 0 Å². The van der Waals surface area contributed by atoms with Gasteiger partial charge in [-0.25, -0.2) is 0 Å². The van der Waals surface area contributed by atoms with E-state index in [2.05, 4.69) is 31.3 Å². The molecule has 0 fully saturated rings. The number of furan rings is 1. The molecule has 0 saturated heterocycles. The number of nitrogens with one attached hydrogen (secondary N) is 1. The van der Waals surface area contributed by atoms with Crippen molar-refractivity contribution in [1.82, 2.24) is 5.32 Å². The van der Waals surface area contributed by atoms with Gasteiger partial charge < -0.3 is 14.5 Å². The van der Waals surface area contributed by atoms with Gasteiger partial charge in [-0.1, -0.05) is 26.0 Å². The first-order valence-corrected chi connectivity index (χ1v) is 7.21. The Morgan fingerprint density at radius 1 is 1.05 bits per heavy atom. The molecule has 0 bridgehead atoms. The van der Waals surface area contributed by atoms with E-state index in [0.29, 0.717) is 6.04 Å². The van der Waals surface area contributed by atoms with Crippen LogP contribution in [0.3, 0.4) is 0 Å². The Labute approximate surface area is 121 Å². The van der Waals surface area contributed by atoms with Gasteiger partial charge in [0.15, 0.2) is 0 Å². The summed E-state index contributed by atoms with van der Waals surface area (Å²) in [6.07, 6.45) is 1.98. The minimum absolute atomic E-state index is 0.330. The number of hydrogen-bond acceptors (Lipinski definition) is 3. The van der Waals surface area contributed by atoms with Gasteiger partial charge in [0.25, 0.3) is 0 Å². The van der Waals surface area contributed by atoms with E-state index in [0.717, 1.165) is 36.7 Å². The second-order valence-corrected chi connectivity index (χ2v) is 4.84. The van der Waals surface area contributed by atoms with Crippen molar-refractivity contribution >= 4 is 0 Å². The number of ether oxygens (including phenoxy) is 1. The quantitative estimate of drug-likeness (QED) is 0.825. The largest absolute Gasteiger partial charge is 0.497 e. The lowest BCUT2D eigenvalue weighted by molar-refractivity contribution is 0.412. The summed E-state index contributed by atoms with van der Waals surface area (Å²) in [6.45, 7) is 5.04. The maximum atomic E-state index is 5.72. The topological polar surface area (TPSA) is 34.4 Å². The van der Waals surface area contributed by atoms with Crippen molar-refractivity contribution in [2.24, 2.45) is 0 Å². The molecule has 0 radical (unpaired) electrons. The smallest absolute Gasteiger partial charge is 0.118 e. The van der Waals surface area contributed by atoms with Crippen LogP contribution in [0.1, 0.15) is 43.4 Å². The Bertz CT molecular complexity index is 516. The maximum absolute atomic E-state index is 5.72. The molecule has 1 N–H and O–H groups in total. The minimum Gasteiger partial charge on any atom is -0.497 e. The molecule has 0 spiro atoms. The third-order valence-electron chi connectivity index (χ3n) is 3.51. The number of rotatable bonds is 7. The normalized spacial score (nSPS) is 12.3. The molecule has 0 aliphatic rings. The fourth-order valence-corrected chi connectivity index (χ4v) is 2.27. The SMILES string of the molecule is CCc1ccc(CNC(CC)c2ccc(OC)cc2)o1. The monoisotopic (exact) mass is 273 g/mol. The van der Waals surface area contributed by atoms with E-state index >= 15 is 0 Å². The average Bonchev–Trinajstić information content (AvgIpc) is 2.96. The number of aryl methyl sites for hydroxylation is 1. The zero-order valence-corrected chi connectivity index (χ0v) is 12.5. The number of hydrogen-bond donors (Lipinski definition) is 1. The van der Waals surface area contributed by atoms with Crippen LogP contribution in [0.25, 0.3) is 0 Å². The van der Waals surface area contributed by atoms with Gasteiger partial charge in [0, 0.05) is 12.5 Å². The van der Waals surface area contributed by atoms with Crippen molar-refractivity contribution in [3.63, 3.8) is 0 Å². The summed E-state index contributed by atoms with van der Waals surface area (Å²) in [6, 6.07) is 12.6. The van der Waals surface area contributed by atoms with Crippen LogP contribution in [0.4, 0.5) is 0 Å². The molecule has 3 nitrogen and oxygen atoms in total. The zero-order chi connectivity index (χ0) is 14.4. The lowest BCUT2D eigenvalue weighted by Gasteiger charge is -2.17. The van der Waals surface area contributed by atoms with Crippen molar-refractivity contribution in [2.45, 2.75) is 39.3 Å². The van der Waals surface area contributed by atoms with Crippen molar-refractivity contribution in [3.05, 3.63) is 53.5 Å². The van der Waals surface area contributed by atoms with Crippen molar-refractivity contribution in [2.75, 3.05) is 7.11 Å². The Morgan fingerprint density at radius 2 is 1.75 bits per heavy atom. The van der Waals surface area contributed by atoms with E-state index in [9.17, 15) is 0 Å². The van der Waals surface area contributed by atoms with Crippen molar-refractivity contribution in [1.29, 1.82) is 0 Å². The van der Waals surface area contributed by atoms with E-state index in [1.54, 1.807) is 7.11 Å². The summed E-state index contributed by atoms with van der Waals surface area (Å²) >= 11 is 0. The van der Waals surface area contributed by atoms with Gasteiger partial charge in [-0.2, -0.15) is 0 Å². The standard InChI is InChI=1S/C17H23NO2/c1-4-14-10-11-16(20-14)12-18-17(5-2)13-6-8-15(19-3)9-7-13/h6-11,17-18H,4-5,12H2,1-3H3. The fourth-order valence-electron chi connectivity index (χ4n) is 2.27. The summed E-state index contributed by atoms with van der Waals surface area (Å²) in [7, 11) is 1.69. The van der Waals surface area contributed by atoms with Crippen LogP contribution in [0, 0.1) is 0 Å². The molecule has 1 unspecified atom stereocenters. The van der Waals surface area contributed by atoms with Gasteiger partial charge in [0.05, 0.1) is 13.7 Å². The predicted molar refractivity (Wildman–Crippen MR) is 81.0 cm³/mol. The van der Waals surface area contributed by atoms with Crippen LogP contribution in [0.15, 0.2) is 40.8 Å². The molecule has 0 amide bonds. The van der Waals surface area contributed by atoms with E-state index < -0.39 is 0 Å². The molecule has 2 rings (SSSR count). The van der Waals surface area contributed by atoms with Gasteiger partial charge >= 0.3 is 0 Å². The van der Waals surface area contributed by atoms with Gasteiger partial charge in [-0.15, -0.1) is 0 Å². The summed E-state index contributed by atoms with van der Waals surface area (Å²) in [5, 5.41) is 3.54. The van der Waals surface area contributed by atoms with E-state index in [1.165, 1.54) is 5.56 Å². The highest BCUT2D eigenvalue weighted by Crippen LogP contribution is 2.20. The van der Waals surface area contributed by atoms with Gasteiger partial charge in [0.2, 0.25) is 0 Å². The van der Waals surface area contributed by atoms with Crippen LogP contribution in [-0.2, 0) is 13.0 Å². The van der Waals surface area contributed by atoms with E-state index in [-0.39, 0.29) is 0 Å². The predicted octanol–water partition coefficient (Wildman–Crippen LogP) is 4.09. The van der Waals surface area contributed by atoms with Gasteiger partial charge in [-0.05, 0) is 36.2 Å². The molecule has 1 aromatic carbocycles. The molecule has 0 aliphatic heterocycles. The molecule has 3 heteroatoms. The van der Waals surface area contributed by atoms with Crippen LogP contribution < -0.4 is 10.1 Å². The van der Waals surface area contributed by atoms with E-state index in [1.807, 2.05) is 24.3 Å². The molecular weight excluding hydrogens is 250 g/mol. The van der Waals surface area contributed by atoms with Crippen molar-refractivity contribution in [3.8, 4) is 5.75 Å². The molecule has 1 atom stereocenters. The average molecular weight is 273 g/mol. The fraction of sp³-hybridized carbons (Fsp3) is 0.412. The van der Waals surface area contributed by atoms with E-state index in [4.69, 9.17) is 9.15 Å². The number of methoxy groups -OCH3 is 1. The summed E-state index contributed by atoms with van der Waals surface area (Å²) in [5.41, 5.74) is 1.27. The first-order valence-electron chi connectivity index (χ1n) is 7.21. The second kappa shape index (κ2) is 7.15. The second-order valence-electron chi connectivity index (χ2n) is 4.84. The summed E-state index contributed by atoms with van der Waals surface area (Å²) in [5.74, 6) is 2.93.